The summed E-state index contributed by atoms with van der Waals surface area (Å²) in [5.41, 5.74) is 1.08. The molecule has 0 saturated heterocycles. The average Bonchev–Trinajstić information content (AvgIpc) is 2.44. The van der Waals surface area contributed by atoms with Crippen molar-refractivity contribution in [3.05, 3.63) is 35.9 Å². The third kappa shape index (κ3) is 16.5. The van der Waals surface area contributed by atoms with Crippen molar-refractivity contribution in [1.82, 2.24) is 0 Å². The van der Waals surface area contributed by atoms with E-state index in [1.54, 1.807) is 0 Å². The second kappa shape index (κ2) is 19.4. The summed E-state index contributed by atoms with van der Waals surface area (Å²) in [5.74, 6) is -0.742. The van der Waals surface area contributed by atoms with Gasteiger partial charge in [-0.25, -0.2) is 0 Å². The van der Waals surface area contributed by atoms with E-state index >= 15 is 0 Å². The van der Waals surface area contributed by atoms with E-state index in [1.165, 1.54) is 0 Å². The molecule has 92 valence electrons. The van der Waals surface area contributed by atoms with Gasteiger partial charge in [-0.15, -0.1) is 25.7 Å². The Labute approximate surface area is 105 Å². The summed E-state index contributed by atoms with van der Waals surface area (Å²) in [4.78, 5) is 10.2. The highest BCUT2D eigenvalue weighted by molar-refractivity contribution is 5.67. The summed E-state index contributed by atoms with van der Waals surface area (Å²) in [6, 6.07) is 9.62. The fraction of sp³-hybridized carbons (Fsp3) is 0.267. The second-order valence-corrected chi connectivity index (χ2v) is 2.38. The SMILES string of the molecule is C#C.C#C.CC.O=C(O)CCc1ccccc1. The standard InChI is InChI=1S/C9H10O2.C2H6.2C2H2/c10-9(11)7-6-8-4-2-1-3-5-8;3*1-2/h1-5H,6-7H2,(H,10,11);1-2H3;2*1-2H. The molecule has 0 aliphatic heterocycles. The Morgan fingerprint density at radius 3 is 1.82 bits per heavy atom. The fourth-order valence-corrected chi connectivity index (χ4v) is 0.896. The minimum absolute atomic E-state index is 0.212. The highest BCUT2D eigenvalue weighted by Crippen LogP contribution is 2.01. The van der Waals surface area contributed by atoms with Gasteiger partial charge in [-0.1, -0.05) is 44.2 Å². The van der Waals surface area contributed by atoms with Crippen LogP contribution in [0.5, 0.6) is 0 Å². The van der Waals surface area contributed by atoms with Gasteiger partial charge in [-0.3, -0.25) is 4.79 Å². The average molecular weight is 232 g/mol. The maximum atomic E-state index is 10.2. The first-order valence-corrected chi connectivity index (χ1v) is 5.21. The lowest BCUT2D eigenvalue weighted by Gasteiger charge is -1.95. The number of aliphatic carboxylic acids is 1. The van der Waals surface area contributed by atoms with Crippen molar-refractivity contribution in [2.45, 2.75) is 26.7 Å². The van der Waals surface area contributed by atoms with E-state index in [9.17, 15) is 4.79 Å². The van der Waals surface area contributed by atoms with Gasteiger partial charge in [0.2, 0.25) is 0 Å². The van der Waals surface area contributed by atoms with Gasteiger partial charge in [0.25, 0.3) is 0 Å². The first-order valence-electron chi connectivity index (χ1n) is 5.21. The molecule has 0 heterocycles. The highest BCUT2D eigenvalue weighted by atomic mass is 16.4. The predicted octanol–water partition coefficient (Wildman–Crippen LogP) is 3.23. The van der Waals surface area contributed by atoms with Crippen LogP contribution in [0.25, 0.3) is 0 Å². The zero-order valence-electron chi connectivity index (χ0n) is 10.5. The van der Waals surface area contributed by atoms with Crippen LogP contribution >= 0.6 is 0 Å². The molecule has 1 aromatic rings. The third-order valence-electron chi connectivity index (χ3n) is 1.47. The van der Waals surface area contributed by atoms with E-state index in [0.29, 0.717) is 6.42 Å². The van der Waals surface area contributed by atoms with Crippen molar-refractivity contribution >= 4 is 5.97 Å². The number of carbonyl (C=O) groups is 1. The molecule has 0 aliphatic rings. The lowest BCUT2D eigenvalue weighted by molar-refractivity contribution is -0.136. The number of carboxylic acid groups (broad SMARTS) is 1. The largest absolute Gasteiger partial charge is 0.481 e. The molecule has 1 aromatic carbocycles. The first kappa shape index (κ1) is 20.3. The van der Waals surface area contributed by atoms with Gasteiger partial charge in [-0.2, -0.15) is 0 Å². The number of hydrogen-bond acceptors (Lipinski definition) is 1. The Balaban J connectivity index is -0.000000285. The van der Waals surface area contributed by atoms with Crippen molar-refractivity contribution in [2.24, 2.45) is 0 Å². The maximum absolute atomic E-state index is 10.2. The summed E-state index contributed by atoms with van der Waals surface area (Å²) < 4.78 is 0. The molecular formula is C15H20O2. The van der Waals surface area contributed by atoms with E-state index in [4.69, 9.17) is 5.11 Å². The summed E-state index contributed by atoms with van der Waals surface area (Å²) in [6.07, 6.45) is 16.8. The van der Waals surface area contributed by atoms with E-state index in [0.717, 1.165) is 5.56 Å². The van der Waals surface area contributed by atoms with Crippen molar-refractivity contribution in [3.63, 3.8) is 0 Å². The normalized spacial score (nSPS) is 6.71. The molecular weight excluding hydrogens is 212 g/mol. The van der Waals surface area contributed by atoms with Crippen molar-refractivity contribution in [3.8, 4) is 25.7 Å². The van der Waals surface area contributed by atoms with Crippen LogP contribution in [0.2, 0.25) is 0 Å². The zero-order chi connectivity index (χ0) is 14.1. The molecule has 17 heavy (non-hydrogen) atoms. The fourth-order valence-electron chi connectivity index (χ4n) is 0.896. The molecule has 0 aliphatic carbocycles. The zero-order valence-corrected chi connectivity index (χ0v) is 10.5. The van der Waals surface area contributed by atoms with Crippen LogP contribution in [0.15, 0.2) is 30.3 Å². The van der Waals surface area contributed by atoms with Crippen molar-refractivity contribution in [1.29, 1.82) is 0 Å². The molecule has 0 unspecified atom stereocenters. The lowest BCUT2D eigenvalue weighted by atomic mass is 10.1. The molecule has 0 atom stereocenters. The number of terminal acetylenes is 2. The van der Waals surface area contributed by atoms with Crippen LogP contribution in [-0.2, 0) is 11.2 Å². The lowest BCUT2D eigenvalue weighted by Crippen LogP contribution is -1.96. The van der Waals surface area contributed by atoms with Crippen LogP contribution in [0, 0.1) is 25.7 Å². The van der Waals surface area contributed by atoms with Gasteiger partial charge in [-0.05, 0) is 12.0 Å². The van der Waals surface area contributed by atoms with Gasteiger partial charge in [0, 0.05) is 6.42 Å². The Morgan fingerprint density at radius 1 is 1.06 bits per heavy atom. The molecule has 1 rings (SSSR count). The quantitative estimate of drug-likeness (QED) is 0.812. The van der Waals surface area contributed by atoms with Gasteiger partial charge in [0.1, 0.15) is 0 Å². The molecule has 0 aromatic heterocycles. The highest BCUT2D eigenvalue weighted by Gasteiger charge is 1.96. The van der Waals surface area contributed by atoms with Crippen LogP contribution in [0.1, 0.15) is 25.8 Å². The summed E-state index contributed by atoms with van der Waals surface area (Å²) >= 11 is 0. The Kier molecular flexibility index (Phi) is 23.1. The molecule has 0 fully saturated rings. The number of benzene rings is 1. The molecule has 0 saturated carbocycles. The maximum Gasteiger partial charge on any atom is 0.303 e. The number of hydrogen-bond donors (Lipinski definition) is 1. The number of carboxylic acids is 1. The van der Waals surface area contributed by atoms with E-state index < -0.39 is 5.97 Å². The van der Waals surface area contributed by atoms with Crippen LogP contribution in [0.4, 0.5) is 0 Å². The smallest absolute Gasteiger partial charge is 0.303 e. The molecule has 1 N–H and O–H groups in total. The molecule has 0 bridgehead atoms. The monoisotopic (exact) mass is 232 g/mol. The first-order chi connectivity index (χ1) is 8.29. The Bertz CT molecular complexity index is 290. The Hall–Kier alpha value is -2.19. The van der Waals surface area contributed by atoms with Crippen LogP contribution in [-0.4, -0.2) is 11.1 Å². The topological polar surface area (TPSA) is 37.3 Å². The molecule has 2 nitrogen and oxygen atoms in total. The van der Waals surface area contributed by atoms with Gasteiger partial charge in [0.15, 0.2) is 0 Å². The molecule has 0 amide bonds. The van der Waals surface area contributed by atoms with E-state index in [2.05, 4.69) is 25.7 Å². The number of aryl methyl sites for hydroxylation is 1. The van der Waals surface area contributed by atoms with Crippen molar-refractivity contribution < 1.29 is 9.90 Å². The summed E-state index contributed by atoms with van der Waals surface area (Å²) in [7, 11) is 0. The van der Waals surface area contributed by atoms with Crippen LogP contribution in [0.3, 0.4) is 0 Å². The van der Waals surface area contributed by atoms with Gasteiger partial charge in [0.05, 0.1) is 0 Å². The third-order valence-corrected chi connectivity index (χ3v) is 1.47. The van der Waals surface area contributed by atoms with Gasteiger partial charge >= 0.3 is 5.97 Å². The predicted molar refractivity (Wildman–Crippen MR) is 73.5 cm³/mol. The van der Waals surface area contributed by atoms with Crippen molar-refractivity contribution in [2.75, 3.05) is 0 Å². The van der Waals surface area contributed by atoms with E-state index in [-0.39, 0.29) is 6.42 Å². The second-order valence-electron chi connectivity index (χ2n) is 2.38. The Morgan fingerprint density at radius 2 is 1.47 bits per heavy atom. The summed E-state index contributed by atoms with van der Waals surface area (Å²) in [5, 5.41) is 8.37. The summed E-state index contributed by atoms with van der Waals surface area (Å²) in [6.45, 7) is 4.00. The molecule has 0 spiro atoms. The minimum Gasteiger partial charge on any atom is -0.481 e. The minimum atomic E-state index is -0.742. The molecule has 2 heteroatoms. The van der Waals surface area contributed by atoms with Crippen LogP contribution < -0.4 is 0 Å². The number of rotatable bonds is 3. The van der Waals surface area contributed by atoms with E-state index in [1.807, 2.05) is 44.2 Å². The molecule has 0 radical (unpaired) electrons. The van der Waals surface area contributed by atoms with Gasteiger partial charge < -0.3 is 5.11 Å².